The van der Waals surface area contributed by atoms with Crippen molar-refractivity contribution < 1.29 is 0 Å². The van der Waals surface area contributed by atoms with Gasteiger partial charge in [0.15, 0.2) is 0 Å². The van der Waals surface area contributed by atoms with Gasteiger partial charge < -0.3 is 5.32 Å². The van der Waals surface area contributed by atoms with E-state index < -0.39 is 0 Å². The number of rotatable bonds is 5. The van der Waals surface area contributed by atoms with Gasteiger partial charge in [0.05, 0.1) is 5.69 Å². The highest BCUT2D eigenvalue weighted by Gasteiger charge is 2.48. The van der Waals surface area contributed by atoms with Gasteiger partial charge in [0.25, 0.3) is 0 Å². The average molecular weight is 287 g/mol. The van der Waals surface area contributed by atoms with Crippen molar-refractivity contribution >= 4 is 0 Å². The molecule has 1 N–H and O–H groups in total. The van der Waals surface area contributed by atoms with Gasteiger partial charge >= 0.3 is 0 Å². The molecule has 1 saturated carbocycles. The second-order valence-electron chi connectivity index (χ2n) is 7.15. The average Bonchev–Trinajstić information content (AvgIpc) is 3.28. The highest BCUT2D eigenvalue weighted by atomic mass is 15.3. The third-order valence-corrected chi connectivity index (χ3v) is 5.30. The quantitative estimate of drug-likeness (QED) is 0.902. The first kappa shape index (κ1) is 15.0. The van der Waals surface area contributed by atoms with E-state index in [4.69, 9.17) is 4.98 Å². The summed E-state index contributed by atoms with van der Waals surface area (Å²) < 4.78 is 0. The van der Waals surface area contributed by atoms with E-state index in [0.29, 0.717) is 11.6 Å². The summed E-state index contributed by atoms with van der Waals surface area (Å²) in [6.07, 6.45) is 5.33. The van der Waals surface area contributed by atoms with Crippen LogP contribution in [0.1, 0.15) is 50.9 Å². The van der Waals surface area contributed by atoms with E-state index >= 15 is 0 Å². The van der Waals surface area contributed by atoms with Crippen molar-refractivity contribution in [3.63, 3.8) is 0 Å². The molecule has 21 heavy (non-hydrogen) atoms. The van der Waals surface area contributed by atoms with Crippen molar-refractivity contribution in [3.8, 4) is 0 Å². The first-order valence-corrected chi connectivity index (χ1v) is 8.53. The van der Waals surface area contributed by atoms with Gasteiger partial charge in [0.1, 0.15) is 0 Å². The Kier molecular flexibility index (Phi) is 4.32. The molecule has 0 amide bonds. The van der Waals surface area contributed by atoms with Crippen molar-refractivity contribution in [2.75, 3.05) is 13.1 Å². The van der Waals surface area contributed by atoms with Crippen molar-refractivity contribution in [1.29, 1.82) is 0 Å². The molecular weight excluding hydrogens is 258 g/mol. The van der Waals surface area contributed by atoms with Gasteiger partial charge in [0.2, 0.25) is 0 Å². The zero-order valence-corrected chi connectivity index (χ0v) is 13.7. The van der Waals surface area contributed by atoms with Crippen LogP contribution in [0.5, 0.6) is 0 Å². The molecule has 1 aliphatic heterocycles. The maximum Gasteiger partial charge on any atom is 0.0547 e. The van der Waals surface area contributed by atoms with Gasteiger partial charge in [0, 0.05) is 36.9 Å². The summed E-state index contributed by atoms with van der Waals surface area (Å²) in [5.41, 5.74) is 2.66. The van der Waals surface area contributed by atoms with Crippen molar-refractivity contribution in [3.05, 3.63) is 29.6 Å². The summed E-state index contributed by atoms with van der Waals surface area (Å²) in [7, 11) is 0. The fraction of sp³-hybridized carbons (Fsp3) is 0.722. The number of aryl methyl sites for hydroxylation is 1. The summed E-state index contributed by atoms with van der Waals surface area (Å²) in [5.74, 6) is 0.873. The van der Waals surface area contributed by atoms with E-state index in [1.807, 2.05) is 0 Å². The van der Waals surface area contributed by atoms with Crippen LogP contribution in [0.25, 0.3) is 0 Å². The Bertz CT molecular complexity index is 483. The van der Waals surface area contributed by atoms with Crippen LogP contribution in [-0.2, 0) is 6.54 Å². The van der Waals surface area contributed by atoms with Gasteiger partial charge in [-0.1, -0.05) is 19.4 Å². The van der Waals surface area contributed by atoms with Crippen LogP contribution < -0.4 is 5.32 Å². The number of pyridine rings is 1. The molecule has 3 nitrogen and oxygen atoms in total. The molecule has 0 aromatic carbocycles. The Morgan fingerprint density at radius 3 is 2.86 bits per heavy atom. The molecule has 0 spiro atoms. The Hall–Kier alpha value is -0.930. The van der Waals surface area contributed by atoms with Crippen molar-refractivity contribution in [1.82, 2.24) is 15.2 Å². The number of hydrogen-bond acceptors (Lipinski definition) is 3. The molecule has 1 aromatic rings. The molecule has 0 bridgehead atoms. The molecule has 1 aliphatic carbocycles. The summed E-state index contributed by atoms with van der Waals surface area (Å²) in [6, 6.07) is 7.04. The monoisotopic (exact) mass is 287 g/mol. The maximum atomic E-state index is 4.72. The van der Waals surface area contributed by atoms with Gasteiger partial charge in [-0.15, -0.1) is 0 Å². The Balaban J connectivity index is 1.76. The molecule has 3 heteroatoms. The summed E-state index contributed by atoms with van der Waals surface area (Å²) >= 11 is 0. The fourth-order valence-electron chi connectivity index (χ4n) is 3.78. The Labute approximate surface area is 129 Å². The van der Waals surface area contributed by atoms with Gasteiger partial charge in [-0.2, -0.15) is 0 Å². The van der Waals surface area contributed by atoms with Crippen LogP contribution in [0.4, 0.5) is 0 Å². The number of hydrogen-bond donors (Lipinski definition) is 1. The molecule has 1 aromatic heterocycles. The zero-order valence-electron chi connectivity index (χ0n) is 13.7. The normalized spacial score (nSPS) is 30.5. The summed E-state index contributed by atoms with van der Waals surface area (Å²) in [5, 5.41) is 3.80. The number of aromatic nitrogens is 1. The molecule has 2 unspecified atom stereocenters. The predicted molar refractivity (Wildman–Crippen MR) is 87.2 cm³/mol. The van der Waals surface area contributed by atoms with Gasteiger partial charge in [-0.3, -0.25) is 9.88 Å². The largest absolute Gasteiger partial charge is 0.311 e. The first-order chi connectivity index (χ1) is 10.1. The topological polar surface area (TPSA) is 28.2 Å². The minimum absolute atomic E-state index is 0.315. The lowest BCUT2D eigenvalue weighted by Crippen LogP contribution is -2.64. The predicted octanol–water partition coefficient (Wildman–Crippen LogP) is 3.13. The van der Waals surface area contributed by atoms with Crippen LogP contribution in [0, 0.1) is 12.8 Å². The minimum atomic E-state index is 0.315. The molecular formula is C18H29N3. The number of piperazine rings is 1. The Morgan fingerprint density at radius 2 is 2.19 bits per heavy atom. The molecule has 2 fully saturated rings. The molecule has 1 saturated heterocycles. The van der Waals surface area contributed by atoms with Crippen molar-refractivity contribution in [2.24, 2.45) is 5.92 Å². The molecule has 2 atom stereocenters. The van der Waals surface area contributed by atoms with E-state index in [1.165, 1.54) is 31.4 Å². The third kappa shape index (κ3) is 3.29. The van der Waals surface area contributed by atoms with Gasteiger partial charge in [-0.25, -0.2) is 0 Å². The summed E-state index contributed by atoms with van der Waals surface area (Å²) in [6.45, 7) is 10.1. The smallest absolute Gasteiger partial charge is 0.0547 e. The van der Waals surface area contributed by atoms with Gasteiger partial charge in [-0.05, 0) is 51.2 Å². The standard InChI is InChI=1S/C18H29N3/c1-4-6-16-11-21(12-17-8-5-7-14(2)20-17)18(3,13-19-16)15-9-10-15/h5,7-8,15-16,19H,4,6,9-13H2,1-3H3. The van der Waals surface area contributed by atoms with Crippen LogP contribution in [0.2, 0.25) is 0 Å². The van der Waals surface area contributed by atoms with Crippen LogP contribution in [0.15, 0.2) is 18.2 Å². The zero-order chi connectivity index (χ0) is 14.9. The lowest BCUT2D eigenvalue weighted by Gasteiger charge is -2.48. The molecule has 3 rings (SSSR count). The lowest BCUT2D eigenvalue weighted by molar-refractivity contribution is 0.0250. The Morgan fingerprint density at radius 1 is 1.38 bits per heavy atom. The van der Waals surface area contributed by atoms with E-state index in [1.54, 1.807) is 0 Å². The van der Waals surface area contributed by atoms with Crippen LogP contribution in [0.3, 0.4) is 0 Å². The second-order valence-corrected chi connectivity index (χ2v) is 7.15. The summed E-state index contributed by atoms with van der Waals surface area (Å²) in [4.78, 5) is 7.43. The van der Waals surface area contributed by atoms with E-state index in [-0.39, 0.29) is 0 Å². The van der Waals surface area contributed by atoms with Crippen LogP contribution >= 0.6 is 0 Å². The minimum Gasteiger partial charge on any atom is -0.311 e. The molecule has 116 valence electrons. The maximum absolute atomic E-state index is 4.72. The number of nitrogens with one attached hydrogen (secondary N) is 1. The van der Waals surface area contributed by atoms with Crippen molar-refractivity contribution in [2.45, 2.75) is 64.6 Å². The second kappa shape index (κ2) is 6.05. The highest BCUT2D eigenvalue weighted by molar-refractivity contribution is 5.12. The highest BCUT2D eigenvalue weighted by Crippen LogP contribution is 2.44. The molecule has 0 radical (unpaired) electrons. The van der Waals surface area contributed by atoms with E-state index in [2.05, 4.69) is 49.2 Å². The lowest BCUT2D eigenvalue weighted by atomic mass is 9.88. The van der Waals surface area contributed by atoms with E-state index in [0.717, 1.165) is 31.2 Å². The molecule has 2 aliphatic rings. The number of nitrogens with zero attached hydrogens (tertiary/aromatic N) is 2. The first-order valence-electron chi connectivity index (χ1n) is 8.53. The van der Waals surface area contributed by atoms with Crippen LogP contribution in [-0.4, -0.2) is 34.6 Å². The third-order valence-electron chi connectivity index (χ3n) is 5.30. The molecule has 2 heterocycles. The fourth-order valence-corrected chi connectivity index (χ4v) is 3.78. The SMILES string of the molecule is CCCC1CN(Cc2cccc(C)n2)C(C)(C2CC2)CN1. The van der Waals surface area contributed by atoms with E-state index in [9.17, 15) is 0 Å².